The van der Waals surface area contributed by atoms with Crippen molar-refractivity contribution in [3.63, 3.8) is 0 Å². The molecule has 0 unspecified atom stereocenters. The highest BCUT2D eigenvalue weighted by molar-refractivity contribution is 7.80. The summed E-state index contributed by atoms with van der Waals surface area (Å²) in [5, 5.41) is 3.69. The van der Waals surface area contributed by atoms with Gasteiger partial charge in [0.1, 0.15) is 0 Å². The predicted octanol–water partition coefficient (Wildman–Crippen LogP) is 1.97. The van der Waals surface area contributed by atoms with Gasteiger partial charge in [0.2, 0.25) is 5.91 Å². The zero-order chi connectivity index (χ0) is 14.4. The molecule has 5 heteroatoms. The van der Waals surface area contributed by atoms with E-state index in [2.05, 4.69) is 24.4 Å². The summed E-state index contributed by atoms with van der Waals surface area (Å²) in [6.07, 6.45) is 0.983. The number of rotatable bonds is 4. The van der Waals surface area contributed by atoms with Crippen LogP contribution in [0.1, 0.15) is 12.5 Å². The van der Waals surface area contributed by atoms with Crippen molar-refractivity contribution in [1.29, 1.82) is 0 Å². The summed E-state index contributed by atoms with van der Waals surface area (Å²) in [5.41, 5.74) is 2.20. The zero-order valence-corrected chi connectivity index (χ0v) is 12.8. The number of hydrogen-bond donors (Lipinski definition) is 1. The van der Waals surface area contributed by atoms with E-state index in [1.165, 1.54) is 5.56 Å². The number of hydrogen-bond acceptors (Lipinski definition) is 2. The molecule has 0 saturated carbocycles. The predicted molar refractivity (Wildman–Crippen MR) is 83.4 cm³/mol. The largest absolute Gasteiger partial charge is 0.347 e. The van der Waals surface area contributed by atoms with E-state index < -0.39 is 0 Å². The third-order valence-corrected chi connectivity index (χ3v) is 3.22. The van der Waals surface area contributed by atoms with Gasteiger partial charge in [0.05, 0.1) is 6.54 Å². The summed E-state index contributed by atoms with van der Waals surface area (Å²) in [7, 11) is 5.27. The summed E-state index contributed by atoms with van der Waals surface area (Å²) in [6.45, 7) is 2.38. The van der Waals surface area contributed by atoms with Gasteiger partial charge in [-0.05, 0) is 36.3 Å². The first-order valence-electron chi connectivity index (χ1n) is 6.25. The van der Waals surface area contributed by atoms with Gasteiger partial charge in [0.15, 0.2) is 5.11 Å². The summed E-state index contributed by atoms with van der Waals surface area (Å²) < 4.78 is 0. The molecule has 1 rings (SSSR count). The van der Waals surface area contributed by atoms with E-state index in [0.717, 1.165) is 12.1 Å². The minimum absolute atomic E-state index is 0.0222. The first-order chi connectivity index (χ1) is 8.93. The van der Waals surface area contributed by atoms with Crippen molar-refractivity contribution in [2.75, 3.05) is 33.0 Å². The molecule has 0 bridgehead atoms. The average molecular weight is 279 g/mol. The second-order valence-corrected chi connectivity index (χ2v) is 5.02. The van der Waals surface area contributed by atoms with E-state index in [1.54, 1.807) is 30.9 Å². The van der Waals surface area contributed by atoms with Crippen LogP contribution in [0.2, 0.25) is 0 Å². The molecule has 0 heterocycles. The van der Waals surface area contributed by atoms with E-state index in [0.29, 0.717) is 5.11 Å². The minimum atomic E-state index is 0.0222. The molecule has 19 heavy (non-hydrogen) atoms. The van der Waals surface area contributed by atoms with Crippen LogP contribution in [0, 0.1) is 0 Å². The number of carbonyl (C=O) groups is 1. The van der Waals surface area contributed by atoms with Gasteiger partial charge in [-0.15, -0.1) is 0 Å². The Morgan fingerprint density at radius 3 is 2.58 bits per heavy atom. The lowest BCUT2D eigenvalue weighted by Gasteiger charge is -2.22. The molecule has 0 aromatic heterocycles. The molecule has 1 aromatic carbocycles. The number of likely N-dealkylation sites (N-methyl/N-ethyl adjacent to an activating group) is 2. The Labute approximate surface area is 120 Å². The molecular formula is C14H21N3OS. The third kappa shape index (κ3) is 4.87. The van der Waals surface area contributed by atoms with Crippen LogP contribution in [0.25, 0.3) is 0 Å². The SMILES string of the molecule is CCc1cccc(NC(=S)N(C)CC(=O)N(C)C)c1. The van der Waals surface area contributed by atoms with Gasteiger partial charge in [-0.25, -0.2) is 0 Å². The zero-order valence-electron chi connectivity index (χ0n) is 11.9. The van der Waals surface area contributed by atoms with Gasteiger partial charge in [0, 0.05) is 26.8 Å². The van der Waals surface area contributed by atoms with Crippen molar-refractivity contribution < 1.29 is 4.79 Å². The fraction of sp³-hybridized carbons (Fsp3) is 0.429. The van der Waals surface area contributed by atoms with Gasteiger partial charge in [-0.1, -0.05) is 19.1 Å². The lowest BCUT2D eigenvalue weighted by molar-refractivity contribution is -0.128. The van der Waals surface area contributed by atoms with E-state index in [4.69, 9.17) is 12.2 Å². The summed E-state index contributed by atoms with van der Waals surface area (Å²) in [5.74, 6) is 0.0222. The van der Waals surface area contributed by atoms with Crippen LogP contribution in [0.5, 0.6) is 0 Å². The van der Waals surface area contributed by atoms with Crippen LogP contribution in [0.15, 0.2) is 24.3 Å². The Bertz CT molecular complexity index is 460. The first-order valence-corrected chi connectivity index (χ1v) is 6.66. The first kappa shape index (κ1) is 15.4. The maximum absolute atomic E-state index is 11.6. The normalized spacial score (nSPS) is 9.89. The number of anilines is 1. The number of carbonyl (C=O) groups excluding carboxylic acids is 1. The topological polar surface area (TPSA) is 35.6 Å². The number of benzene rings is 1. The highest BCUT2D eigenvalue weighted by Crippen LogP contribution is 2.11. The number of nitrogens with one attached hydrogen (secondary N) is 1. The second-order valence-electron chi connectivity index (χ2n) is 4.63. The van der Waals surface area contributed by atoms with Gasteiger partial charge in [-0.3, -0.25) is 4.79 Å². The standard InChI is InChI=1S/C14H21N3OS/c1-5-11-7-6-8-12(9-11)15-14(19)17(4)10-13(18)16(2)3/h6-9H,5,10H2,1-4H3,(H,15,19). The molecule has 1 amide bonds. The Kier molecular flexibility index (Phi) is 5.76. The Balaban J connectivity index is 2.60. The highest BCUT2D eigenvalue weighted by atomic mass is 32.1. The Morgan fingerprint density at radius 1 is 1.32 bits per heavy atom. The number of amides is 1. The summed E-state index contributed by atoms with van der Waals surface area (Å²) in [4.78, 5) is 14.9. The molecule has 0 fully saturated rings. The van der Waals surface area contributed by atoms with Crippen molar-refractivity contribution in [3.8, 4) is 0 Å². The van der Waals surface area contributed by atoms with Crippen LogP contribution < -0.4 is 5.32 Å². The van der Waals surface area contributed by atoms with Crippen LogP contribution in [0.3, 0.4) is 0 Å². The maximum atomic E-state index is 11.6. The van der Waals surface area contributed by atoms with Crippen molar-refractivity contribution in [3.05, 3.63) is 29.8 Å². The van der Waals surface area contributed by atoms with Crippen molar-refractivity contribution in [2.24, 2.45) is 0 Å². The van der Waals surface area contributed by atoms with E-state index in [1.807, 2.05) is 12.1 Å². The molecule has 0 atom stereocenters. The monoisotopic (exact) mass is 279 g/mol. The fourth-order valence-electron chi connectivity index (χ4n) is 1.50. The van der Waals surface area contributed by atoms with Gasteiger partial charge < -0.3 is 15.1 Å². The van der Waals surface area contributed by atoms with Crippen LogP contribution >= 0.6 is 12.2 Å². The molecule has 0 aliphatic heterocycles. The molecule has 0 radical (unpaired) electrons. The summed E-state index contributed by atoms with van der Waals surface area (Å²) in [6, 6.07) is 8.10. The molecule has 1 N–H and O–H groups in total. The maximum Gasteiger partial charge on any atom is 0.241 e. The van der Waals surface area contributed by atoms with Crippen LogP contribution in [0.4, 0.5) is 5.69 Å². The quantitative estimate of drug-likeness (QED) is 0.855. The molecule has 4 nitrogen and oxygen atoms in total. The van der Waals surface area contributed by atoms with Crippen LogP contribution in [-0.2, 0) is 11.2 Å². The Hall–Kier alpha value is -1.62. The molecule has 0 aliphatic carbocycles. The highest BCUT2D eigenvalue weighted by Gasteiger charge is 2.11. The van der Waals surface area contributed by atoms with Crippen molar-refractivity contribution >= 4 is 28.9 Å². The van der Waals surface area contributed by atoms with Crippen molar-refractivity contribution in [1.82, 2.24) is 9.80 Å². The van der Waals surface area contributed by atoms with Crippen LogP contribution in [-0.4, -0.2) is 48.5 Å². The fourth-order valence-corrected chi connectivity index (χ4v) is 1.69. The number of thiocarbonyl (C=S) groups is 1. The van der Waals surface area contributed by atoms with E-state index in [9.17, 15) is 4.79 Å². The average Bonchev–Trinajstić information content (AvgIpc) is 2.38. The molecule has 0 spiro atoms. The second kappa shape index (κ2) is 7.09. The third-order valence-electron chi connectivity index (χ3n) is 2.80. The van der Waals surface area contributed by atoms with Crippen molar-refractivity contribution in [2.45, 2.75) is 13.3 Å². The lowest BCUT2D eigenvalue weighted by atomic mass is 10.1. The Morgan fingerprint density at radius 2 is 2.00 bits per heavy atom. The number of aryl methyl sites for hydroxylation is 1. The molecular weight excluding hydrogens is 258 g/mol. The molecule has 0 saturated heterocycles. The van der Waals surface area contributed by atoms with E-state index >= 15 is 0 Å². The van der Waals surface area contributed by atoms with E-state index in [-0.39, 0.29) is 12.5 Å². The summed E-state index contributed by atoms with van der Waals surface area (Å²) >= 11 is 5.29. The van der Waals surface area contributed by atoms with Gasteiger partial charge in [-0.2, -0.15) is 0 Å². The minimum Gasteiger partial charge on any atom is -0.347 e. The molecule has 0 aliphatic rings. The number of nitrogens with zero attached hydrogens (tertiary/aromatic N) is 2. The lowest BCUT2D eigenvalue weighted by Crippen LogP contribution is -2.39. The van der Waals surface area contributed by atoms with Gasteiger partial charge >= 0.3 is 0 Å². The smallest absolute Gasteiger partial charge is 0.241 e. The molecule has 104 valence electrons. The van der Waals surface area contributed by atoms with Gasteiger partial charge in [0.25, 0.3) is 0 Å². The molecule has 1 aromatic rings.